The second-order valence-electron chi connectivity index (χ2n) is 29.1. The first-order valence-corrected chi connectivity index (χ1v) is 37.3. The molecule has 0 spiro atoms. The first-order chi connectivity index (χ1) is 47.3. The van der Waals surface area contributed by atoms with Crippen molar-refractivity contribution in [3.05, 3.63) is 352 Å². The Morgan fingerprint density at radius 2 is 0.380 bits per heavy atom. The van der Waals surface area contributed by atoms with Crippen molar-refractivity contribution in [1.29, 1.82) is 0 Å². The number of hydrogen-bond donors (Lipinski definition) is 0. The van der Waals surface area contributed by atoms with Crippen LogP contribution >= 0.6 is 15.8 Å². The summed E-state index contributed by atoms with van der Waals surface area (Å²) >= 11 is 0. The molecule has 4 heteroatoms. The molecule has 0 bridgehead atoms. The van der Waals surface area contributed by atoms with Crippen molar-refractivity contribution in [3.8, 4) is 111 Å². The van der Waals surface area contributed by atoms with Crippen LogP contribution in [0.4, 0.5) is 0 Å². The largest absolute Gasteiger partial charge is 2.00 e. The minimum atomic E-state index is -0.101. The Morgan fingerprint density at radius 1 is 0.210 bits per heavy atom. The van der Waals surface area contributed by atoms with Gasteiger partial charge in [0.05, 0.1) is 0 Å². The average molecular weight is 1420 g/mol. The zero-order chi connectivity index (χ0) is 68.9. The Balaban J connectivity index is 0.000000168. The van der Waals surface area contributed by atoms with E-state index in [4.69, 9.17) is 0 Å². The van der Waals surface area contributed by atoms with E-state index in [9.17, 15) is 0 Å². The van der Waals surface area contributed by atoms with Gasteiger partial charge in [0.1, 0.15) is 0 Å². The Kier molecular flexibility index (Phi) is 25.9. The van der Waals surface area contributed by atoms with Crippen LogP contribution in [0, 0.1) is 0 Å². The molecule has 0 radical (unpaired) electrons. The fourth-order valence-corrected chi connectivity index (χ4v) is 22.8. The fourth-order valence-electron chi connectivity index (χ4n) is 14.8. The number of rotatable bonds is 12. The van der Waals surface area contributed by atoms with E-state index in [2.05, 4.69) is 435 Å². The minimum absolute atomic E-state index is 0. The Morgan fingerprint density at radius 3 is 0.540 bits per heavy atom. The summed E-state index contributed by atoms with van der Waals surface area (Å²) in [4.78, 5) is 0. The van der Waals surface area contributed by atoms with Crippen LogP contribution in [0.25, 0.3) is 111 Å². The van der Waals surface area contributed by atoms with Crippen molar-refractivity contribution in [3.63, 3.8) is 0 Å². The molecular weight excluding hydrogens is 1330 g/mol. The van der Waals surface area contributed by atoms with Crippen molar-refractivity contribution in [1.82, 2.24) is 0 Å². The minimum Gasteiger partial charge on any atom is -0.213 e. The summed E-state index contributed by atoms with van der Waals surface area (Å²) in [5.74, 6) is 0. The van der Waals surface area contributed by atoms with Gasteiger partial charge in [-0.2, -0.15) is 24.3 Å². The second kappa shape index (κ2) is 34.2. The van der Waals surface area contributed by atoms with Gasteiger partial charge in [-0.15, -0.1) is 10.6 Å². The van der Waals surface area contributed by atoms with Gasteiger partial charge in [-0.3, -0.25) is 0 Å². The molecule has 0 aliphatic rings. The molecule has 0 aromatic heterocycles. The van der Waals surface area contributed by atoms with Gasteiger partial charge >= 0.3 is 34.1 Å². The van der Waals surface area contributed by atoms with Crippen LogP contribution in [-0.4, -0.2) is 20.6 Å². The topological polar surface area (TPSA) is 0 Å². The smallest absolute Gasteiger partial charge is 0.213 e. The molecule has 0 N–H and O–H groups in total. The van der Waals surface area contributed by atoms with Crippen molar-refractivity contribution >= 4 is 26.5 Å². The summed E-state index contributed by atoms with van der Waals surface area (Å²) < 4.78 is 0. The maximum atomic E-state index is 2.36. The normalized spacial score (nSPS) is 11.4. The van der Waals surface area contributed by atoms with Crippen LogP contribution in [0.3, 0.4) is 0 Å². The molecule has 0 fully saturated rings. The van der Waals surface area contributed by atoms with Gasteiger partial charge in [0.25, 0.3) is 0 Å². The van der Waals surface area contributed by atoms with Crippen molar-refractivity contribution < 1.29 is 34.1 Å². The van der Waals surface area contributed by atoms with Crippen LogP contribution in [-0.2, 0) is 34.1 Å². The molecule has 0 heterocycles. The predicted octanol–water partition coefficient (Wildman–Crippen LogP) is 27.7. The van der Waals surface area contributed by atoms with Gasteiger partial charge in [-0.1, -0.05) is 491 Å². The second-order valence-corrected chi connectivity index (χ2v) is 36.8. The zero-order valence-electron chi connectivity index (χ0n) is 60.1. The van der Waals surface area contributed by atoms with Gasteiger partial charge in [0.2, 0.25) is 0 Å². The molecule has 0 saturated carbocycles. The van der Waals surface area contributed by atoms with Gasteiger partial charge < -0.3 is 0 Å². The van der Waals surface area contributed by atoms with E-state index in [1.165, 1.54) is 111 Å². The van der Waals surface area contributed by atoms with E-state index in [-0.39, 0.29) is 50.0 Å². The third-order valence-electron chi connectivity index (χ3n) is 17.6. The molecule has 0 unspecified atom stereocenters. The molecule has 0 amide bonds. The summed E-state index contributed by atoms with van der Waals surface area (Å²) in [6.45, 7) is 28.3. The third-order valence-corrected chi connectivity index (χ3v) is 24.6. The molecule has 14 rings (SSSR count). The maximum absolute atomic E-state index is 2.36. The van der Waals surface area contributed by atoms with E-state index >= 15 is 0 Å². The Labute approximate surface area is 622 Å². The first-order valence-electron chi connectivity index (χ1n) is 34.6. The molecule has 0 atom stereocenters. The van der Waals surface area contributed by atoms with Crippen molar-refractivity contribution in [2.24, 2.45) is 0 Å². The number of benzene rings is 10. The summed E-state index contributed by atoms with van der Waals surface area (Å²) in [6.07, 6.45) is 0. The summed E-state index contributed by atoms with van der Waals surface area (Å²) in [5.41, 5.74) is 25.0. The summed E-state index contributed by atoms with van der Waals surface area (Å²) in [6, 6.07) is 126. The predicted molar refractivity (Wildman–Crippen MR) is 435 cm³/mol. The molecule has 0 nitrogen and oxygen atoms in total. The fraction of sp³-hybridized carbons (Fsp3) is 0.167. The van der Waals surface area contributed by atoms with Crippen LogP contribution < -0.4 is 10.6 Å². The van der Waals surface area contributed by atoms with E-state index < -0.39 is 0 Å². The molecule has 0 aliphatic heterocycles. The molecule has 100 heavy (non-hydrogen) atoms. The van der Waals surface area contributed by atoms with Gasteiger partial charge in [0.15, 0.2) is 0 Å². The van der Waals surface area contributed by atoms with Crippen LogP contribution in [0.15, 0.2) is 352 Å². The van der Waals surface area contributed by atoms with E-state index in [1.54, 1.807) is 10.6 Å². The third kappa shape index (κ3) is 18.0. The standard InChI is InChI=1S/2C35H25.2C13H22P.2Fe/c2*1-6-16-26(17-7-1)31-32(27-18-8-2-9-19-27)34(29-22-12-4-13-23-29)35(30-24-14-5-15-25-30)33(31)28-20-10-3-11-21-28;2*1-12(2,3)14(13(4,5)6)11-9-7-8-10-11;;/h2*1-25H;2*7-10H,1-6H3;;/q4*-1;2*+2. The van der Waals surface area contributed by atoms with Crippen LogP contribution in [0.2, 0.25) is 0 Å². The molecule has 504 valence electrons. The average Bonchev–Trinajstić information content (AvgIpc) is 1.58. The monoisotopic (exact) mass is 1420 g/mol. The first kappa shape index (κ1) is 75.7. The van der Waals surface area contributed by atoms with E-state index in [0.717, 1.165) is 0 Å². The van der Waals surface area contributed by atoms with E-state index in [1.807, 2.05) is 0 Å². The van der Waals surface area contributed by atoms with Gasteiger partial charge in [0, 0.05) is 0 Å². The van der Waals surface area contributed by atoms with E-state index in [0.29, 0.717) is 20.6 Å². The number of hydrogen-bond acceptors (Lipinski definition) is 0. The molecule has 14 aromatic carbocycles. The zero-order valence-corrected chi connectivity index (χ0v) is 64.1. The van der Waals surface area contributed by atoms with Crippen LogP contribution in [0.5, 0.6) is 0 Å². The maximum Gasteiger partial charge on any atom is 2.00 e. The summed E-state index contributed by atoms with van der Waals surface area (Å²) in [5, 5.41) is 4.65. The molecular formula is C96H94Fe2P2. The van der Waals surface area contributed by atoms with Crippen molar-refractivity contribution in [2.75, 3.05) is 0 Å². The van der Waals surface area contributed by atoms with Gasteiger partial charge in [-0.05, 0) is 42.9 Å². The molecule has 0 aliphatic carbocycles. The quantitative estimate of drug-likeness (QED) is 0.0650. The van der Waals surface area contributed by atoms with Crippen LogP contribution in [0.1, 0.15) is 83.1 Å². The SMILES string of the molecule is CC(C)(C)P(c1ccc[cH-]1)C(C)(C)C.CC(C)(C)P(c1ccc[cH-]1)C(C)(C)C.[Fe+2].[Fe+2].c1ccc(-c2c(-c3ccccc3)c(-c3ccccc3)[c-](-c3ccccc3)c2-c2ccccc2)cc1.c1ccc(-c2c(-c3ccccc3)c(-c3ccccc3)[c-](-c3ccccc3)c2-c2ccccc2)cc1. The molecule has 14 aromatic rings. The summed E-state index contributed by atoms with van der Waals surface area (Å²) in [7, 11) is -0.202. The Hall–Kier alpha value is -8.50. The van der Waals surface area contributed by atoms with Crippen molar-refractivity contribution in [2.45, 2.75) is 104 Å². The van der Waals surface area contributed by atoms with Gasteiger partial charge in [-0.25, -0.2) is 24.3 Å². The Bertz CT molecular complexity index is 3740. The molecule has 0 saturated heterocycles.